The maximum absolute atomic E-state index is 4.62. The van der Waals surface area contributed by atoms with Crippen LogP contribution in [0.1, 0.15) is 78.1 Å². The Hall–Kier alpha value is -0.850. The highest BCUT2D eigenvalue weighted by Crippen LogP contribution is 2.23. The Bertz CT molecular complexity index is 267. The van der Waals surface area contributed by atoms with Crippen LogP contribution in [0.3, 0.4) is 0 Å². The van der Waals surface area contributed by atoms with E-state index in [2.05, 4.69) is 24.1 Å². The molecule has 0 radical (unpaired) electrons. The van der Waals surface area contributed by atoms with Crippen LogP contribution in [-0.2, 0) is 0 Å². The fourth-order valence-corrected chi connectivity index (χ4v) is 2.66. The van der Waals surface area contributed by atoms with Crippen molar-refractivity contribution < 1.29 is 0 Å². The summed E-state index contributed by atoms with van der Waals surface area (Å²) in [5.74, 6) is 0. The van der Waals surface area contributed by atoms with Gasteiger partial charge in [0.05, 0.1) is 0 Å². The molecule has 0 amide bonds. The van der Waals surface area contributed by atoms with Gasteiger partial charge >= 0.3 is 0 Å². The van der Waals surface area contributed by atoms with Crippen molar-refractivity contribution in [2.45, 2.75) is 78.1 Å². The topological polar surface area (TPSA) is 12.4 Å². The summed E-state index contributed by atoms with van der Waals surface area (Å²) in [5, 5.41) is 0. The van der Waals surface area contributed by atoms with Crippen LogP contribution in [0.5, 0.6) is 0 Å². The quantitative estimate of drug-likeness (QED) is 0.545. The third-order valence-corrected chi connectivity index (χ3v) is 3.63. The van der Waals surface area contributed by atoms with Crippen molar-refractivity contribution >= 4 is 6.21 Å². The monoisotopic (exact) mass is 247 g/mol. The highest BCUT2D eigenvalue weighted by molar-refractivity contribution is 5.55. The standard InChI is InChI=1S/C17H29N/c1-3-13-16-14-11-9-7-5-6-8-10-12-15-17(16)18-4-2/h3-4,13H,5-12,14-15H2,1-2H3/b13-3-,17-16+,18-4-. The first-order valence-electron chi connectivity index (χ1n) is 7.72. The Kier molecular flexibility index (Phi) is 8.54. The molecule has 0 atom stereocenters. The van der Waals surface area contributed by atoms with E-state index in [4.69, 9.17) is 0 Å². The fraction of sp³-hybridized carbons (Fsp3) is 0.706. The normalized spacial score (nSPS) is 25.2. The van der Waals surface area contributed by atoms with Gasteiger partial charge in [-0.2, -0.15) is 0 Å². The molecule has 1 aliphatic rings. The van der Waals surface area contributed by atoms with Crippen LogP contribution in [-0.4, -0.2) is 6.21 Å². The first-order valence-corrected chi connectivity index (χ1v) is 7.72. The minimum absolute atomic E-state index is 1.16. The molecule has 0 fully saturated rings. The summed E-state index contributed by atoms with van der Waals surface area (Å²) in [6.07, 6.45) is 19.8. The van der Waals surface area contributed by atoms with Crippen molar-refractivity contribution in [3.63, 3.8) is 0 Å². The lowest BCUT2D eigenvalue weighted by Crippen LogP contribution is -1.93. The molecule has 0 saturated carbocycles. The van der Waals surface area contributed by atoms with Gasteiger partial charge in [-0.25, -0.2) is 0 Å². The van der Waals surface area contributed by atoms with Gasteiger partial charge < -0.3 is 0 Å². The maximum atomic E-state index is 4.62. The minimum atomic E-state index is 1.16. The Morgan fingerprint density at radius 1 is 0.778 bits per heavy atom. The van der Waals surface area contributed by atoms with Crippen molar-refractivity contribution in [3.8, 4) is 0 Å². The zero-order valence-electron chi connectivity index (χ0n) is 12.3. The first-order chi connectivity index (χ1) is 8.88. The van der Waals surface area contributed by atoms with Crippen molar-refractivity contribution in [1.82, 2.24) is 0 Å². The molecule has 0 aromatic rings. The lowest BCUT2D eigenvalue weighted by molar-refractivity contribution is 0.559. The minimum Gasteiger partial charge on any atom is -0.266 e. The number of rotatable bonds is 2. The second-order valence-electron chi connectivity index (χ2n) is 5.19. The molecule has 0 unspecified atom stereocenters. The van der Waals surface area contributed by atoms with Crippen LogP contribution >= 0.6 is 0 Å². The van der Waals surface area contributed by atoms with Gasteiger partial charge in [0.25, 0.3) is 0 Å². The van der Waals surface area contributed by atoms with Crippen molar-refractivity contribution in [2.75, 3.05) is 0 Å². The Morgan fingerprint density at radius 2 is 1.33 bits per heavy atom. The molecule has 0 aliphatic heterocycles. The van der Waals surface area contributed by atoms with Crippen molar-refractivity contribution in [3.05, 3.63) is 23.4 Å². The second-order valence-corrected chi connectivity index (χ2v) is 5.19. The van der Waals surface area contributed by atoms with E-state index in [1.165, 1.54) is 69.1 Å². The molecule has 0 aromatic carbocycles. The molecule has 1 rings (SSSR count). The van der Waals surface area contributed by atoms with Gasteiger partial charge in [0.2, 0.25) is 0 Å². The fourth-order valence-electron chi connectivity index (χ4n) is 2.66. The molecular formula is C17H29N. The van der Waals surface area contributed by atoms with E-state index < -0.39 is 0 Å². The van der Waals surface area contributed by atoms with Gasteiger partial charge in [0.1, 0.15) is 0 Å². The van der Waals surface area contributed by atoms with E-state index in [9.17, 15) is 0 Å². The number of nitrogens with zero attached hydrogens (tertiary/aromatic N) is 1. The Morgan fingerprint density at radius 3 is 1.89 bits per heavy atom. The molecule has 0 saturated heterocycles. The maximum Gasteiger partial charge on any atom is 0.0431 e. The Balaban J connectivity index is 2.75. The predicted octanol–water partition coefficient (Wildman–Crippen LogP) is 5.82. The zero-order chi connectivity index (χ0) is 13.1. The SMILES string of the molecule is C\C=C/C1=C(\N=C/C)CCCCCCCCCC1. The smallest absolute Gasteiger partial charge is 0.0431 e. The molecular weight excluding hydrogens is 218 g/mol. The third-order valence-electron chi connectivity index (χ3n) is 3.63. The van der Waals surface area contributed by atoms with E-state index in [1.54, 1.807) is 0 Å². The van der Waals surface area contributed by atoms with Crippen LogP contribution < -0.4 is 0 Å². The van der Waals surface area contributed by atoms with Gasteiger partial charge in [-0.15, -0.1) is 0 Å². The van der Waals surface area contributed by atoms with Crippen molar-refractivity contribution in [1.29, 1.82) is 0 Å². The number of aliphatic imine (C=N–C) groups is 1. The molecule has 1 nitrogen and oxygen atoms in total. The second kappa shape index (κ2) is 10.1. The molecule has 0 heterocycles. The van der Waals surface area contributed by atoms with Gasteiger partial charge in [0.15, 0.2) is 0 Å². The number of allylic oxidation sites excluding steroid dienone is 4. The van der Waals surface area contributed by atoms with E-state index in [1.807, 2.05) is 13.1 Å². The summed E-state index contributed by atoms with van der Waals surface area (Å²) in [4.78, 5) is 4.62. The molecule has 0 bridgehead atoms. The molecule has 1 aliphatic carbocycles. The summed E-state index contributed by atoms with van der Waals surface area (Å²) < 4.78 is 0. The lowest BCUT2D eigenvalue weighted by atomic mass is 9.98. The first kappa shape index (κ1) is 15.2. The average Bonchev–Trinajstić information content (AvgIpc) is 2.36. The summed E-state index contributed by atoms with van der Waals surface area (Å²) in [6, 6.07) is 0. The predicted molar refractivity (Wildman–Crippen MR) is 82.2 cm³/mol. The van der Waals surface area contributed by atoms with E-state index in [-0.39, 0.29) is 0 Å². The van der Waals surface area contributed by atoms with Gasteiger partial charge in [0, 0.05) is 11.9 Å². The van der Waals surface area contributed by atoms with Gasteiger partial charge in [-0.05, 0) is 45.1 Å². The summed E-state index contributed by atoms with van der Waals surface area (Å²) >= 11 is 0. The number of hydrogen-bond acceptors (Lipinski definition) is 1. The summed E-state index contributed by atoms with van der Waals surface area (Å²) in [7, 11) is 0. The third kappa shape index (κ3) is 6.18. The molecule has 18 heavy (non-hydrogen) atoms. The van der Waals surface area contributed by atoms with Crippen LogP contribution in [0.25, 0.3) is 0 Å². The highest BCUT2D eigenvalue weighted by Gasteiger charge is 2.05. The largest absolute Gasteiger partial charge is 0.266 e. The molecule has 0 N–H and O–H groups in total. The zero-order valence-corrected chi connectivity index (χ0v) is 12.3. The average molecular weight is 247 g/mol. The molecule has 1 heteroatoms. The Labute approximate surface area is 113 Å². The van der Waals surface area contributed by atoms with Crippen LogP contribution in [0.4, 0.5) is 0 Å². The van der Waals surface area contributed by atoms with Crippen LogP contribution in [0.15, 0.2) is 28.4 Å². The van der Waals surface area contributed by atoms with Crippen LogP contribution in [0, 0.1) is 0 Å². The van der Waals surface area contributed by atoms with Gasteiger partial charge in [-0.3, -0.25) is 4.99 Å². The highest BCUT2D eigenvalue weighted by atomic mass is 14.7. The number of hydrogen-bond donors (Lipinski definition) is 0. The summed E-state index contributed by atoms with van der Waals surface area (Å²) in [6.45, 7) is 4.13. The lowest BCUT2D eigenvalue weighted by Gasteiger charge is -2.11. The van der Waals surface area contributed by atoms with E-state index >= 15 is 0 Å². The van der Waals surface area contributed by atoms with E-state index in [0.29, 0.717) is 0 Å². The van der Waals surface area contributed by atoms with E-state index in [0.717, 1.165) is 6.42 Å². The van der Waals surface area contributed by atoms with Crippen LogP contribution in [0.2, 0.25) is 0 Å². The van der Waals surface area contributed by atoms with Crippen molar-refractivity contribution in [2.24, 2.45) is 4.99 Å². The molecule has 0 aromatic heterocycles. The van der Waals surface area contributed by atoms with Gasteiger partial charge in [-0.1, -0.05) is 50.7 Å². The molecule has 0 spiro atoms. The molecule has 102 valence electrons. The summed E-state index contributed by atoms with van der Waals surface area (Å²) in [5.41, 5.74) is 2.80.